The third kappa shape index (κ3) is 7.97. The largest absolute Gasteiger partial charge is 0.495 e. The topological polar surface area (TPSA) is 201 Å². The van der Waals surface area contributed by atoms with Crippen molar-refractivity contribution < 1.29 is 38.5 Å². The van der Waals surface area contributed by atoms with Crippen molar-refractivity contribution in [3.63, 3.8) is 0 Å². The van der Waals surface area contributed by atoms with E-state index in [4.69, 9.17) is 18.8 Å². The maximum atomic E-state index is 12.3. The first-order valence-corrected chi connectivity index (χ1v) is 29.7. The van der Waals surface area contributed by atoms with Gasteiger partial charge in [-0.25, -0.2) is 24.8 Å². The van der Waals surface area contributed by atoms with Crippen molar-refractivity contribution in [2.75, 3.05) is 36.4 Å². The van der Waals surface area contributed by atoms with Crippen LogP contribution in [0.5, 0.6) is 11.5 Å². The number of halogens is 1. The zero-order valence-corrected chi connectivity index (χ0v) is 48.4. The lowest BCUT2D eigenvalue weighted by Crippen LogP contribution is -2.41. The van der Waals surface area contributed by atoms with E-state index in [-0.39, 0.29) is 13.9 Å². The highest BCUT2D eigenvalue weighted by Crippen LogP contribution is 2.53. The van der Waals surface area contributed by atoms with Gasteiger partial charge in [0.2, 0.25) is 20.0 Å². The second kappa shape index (κ2) is 17.4. The normalized spacial score (nSPS) is 17.9. The van der Waals surface area contributed by atoms with E-state index >= 15 is 0 Å². The van der Waals surface area contributed by atoms with Crippen LogP contribution in [0.1, 0.15) is 104 Å². The van der Waals surface area contributed by atoms with Crippen molar-refractivity contribution >= 4 is 81.7 Å². The van der Waals surface area contributed by atoms with Crippen LogP contribution in [-0.2, 0) is 53.3 Å². The molecule has 9 heterocycles. The Balaban J connectivity index is 0.000000146. The summed E-state index contributed by atoms with van der Waals surface area (Å²) in [5.41, 5.74) is 11.5. The summed E-state index contributed by atoms with van der Waals surface area (Å²) in [4.78, 5) is 0. The summed E-state index contributed by atoms with van der Waals surface area (Å²) in [6.07, 6.45) is 7.31. The fourth-order valence-electron chi connectivity index (χ4n) is 11.3. The van der Waals surface area contributed by atoms with E-state index in [1.165, 1.54) is 26.0 Å². The maximum absolute atomic E-state index is 12.3. The smallest absolute Gasteiger partial charge is 0.492 e. The zero-order chi connectivity index (χ0) is 54.6. The zero-order valence-electron chi connectivity index (χ0n) is 45.2. The van der Waals surface area contributed by atoms with Crippen molar-refractivity contribution in [1.29, 1.82) is 0 Å². The maximum Gasteiger partial charge on any atom is 0.495 e. The Labute approximate surface area is 454 Å². The van der Waals surface area contributed by atoms with Gasteiger partial charge in [0.15, 0.2) is 11.6 Å². The fourth-order valence-corrected chi connectivity index (χ4v) is 13.4. The Morgan fingerprint density at radius 2 is 1.08 bits per heavy atom. The van der Waals surface area contributed by atoms with Crippen molar-refractivity contribution in [3.8, 4) is 34.0 Å². The third-order valence-electron chi connectivity index (χ3n) is 15.7. The highest BCUT2D eigenvalue weighted by Gasteiger charge is 2.52. The van der Waals surface area contributed by atoms with E-state index in [1.54, 1.807) is 24.5 Å². The van der Waals surface area contributed by atoms with Crippen LogP contribution in [-0.4, -0.2) is 98.4 Å². The molecule has 13 rings (SSSR count). The van der Waals surface area contributed by atoms with Crippen molar-refractivity contribution in [3.05, 3.63) is 111 Å². The Morgan fingerprint density at radius 1 is 0.618 bits per heavy atom. The lowest BCUT2D eigenvalue weighted by molar-refractivity contribution is 0.00578. The highest BCUT2D eigenvalue weighted by molar-refractivity contribution is 9.10. The van der Waals surface area contributed by atoms with Crippen molar-refractivity contribution in [2.45, 2.75) is 118 Å². The van der Waals surface area contributed by atoms with Gasteiger partial charge >= 0.3 is 7.12 Å². The predicted molar refractivity (Wildman–Crippen MR) is 304 cm³/mol. The van der Waals surface area contributed by atoms with Gasteiger partial charge in [0, 0.05) is 55.6 Å². The molecule has 5 aliphatic heterocycles. The van der Waals surface area contributed by atoms with E-state index in [0.717, 1.165) is 126 Å². The van der Waals surface area contributed by atoms with Crippen LogP contribution >= 0.6 is 15.9 Å². The summed E-state index contributed by atoms with van der Waals surface area (Å²) < 4.78 is 80.5. The molecule has 8 aromatic rings. The molecule has 4 aromatic heterocycles. The van der Waals surface area contributed by atoms with Gasteiger partial charge in [-0.05, 0) is 145 Å². The molecule has 0 radical (unpaired) electrons. The number of ether oxygens (including phenoxy) is 2. The molecule has 0 unspecified atom stereocenters. The van der Waals surface area contributed by atoms with Gasteiger partial charge in [-0.15, -0.1) is 20.4 Å². The average molecular weight is 1140 g/mol. The number of hydrogen-bond acceptors (Lipinski definition) is 14. The number of nitrogens with zero attached hydrogens (tertiary/aromatic N) is 8. The molecule has 402 valence electrons. The van der Waals surface area contributed by atoms with Crippen LogP contribution in [0.25, 0.3) is 44.3 Å². The monoisotopic (exact) mass is 1140 g/mol. The minimum absolute atomic E-state index is 0. The van der Waals surface area contributed by atoms with E-state index in [2.05, 4.69) is 97.6 Å². The summed E-state index contributed by atoms with van der Waals surface area (Å²) >= 11 is 3.70. The molecule has 22 heteroatoms. The molecule has 18 nitrogen and oxygen atoms in total. The van der Waals surface area contributed by atoms with Gasteiger partial charge in [-0.2, -0.15) is 0 Å². The molecule has 0 atom stereocenters. The summed E-state index contributed by atoms with van der Waals surface area (Å²) in [6, 6.07) is 14.9. The lowest BCUT2D eigenvalue weighted by Gasteiger charge is -2.36. The molecule has 0 aliphatic carbocycles. The van der Waals surface area contributed by atoms with Crippen molar-refractivity contribution in [2.24, 2.45) is 0 Å². The number of nitrogens with one attached hydrogen (secondary N) is 2. The molecule has 0 bridgehead atoms. The van der Waals surface area contributed by atoms with Crippen LogP contribution in [0.3, 0.4) is 0 Å². The van der Waals surface area contributed by atoms with E-state index < -0.39 is 38.4 Å². The third-order valence-corrected chi connectivity index (χ3v) is 18.7. The quantitative estimate of drug-likeness (QED) is 0.158. The lowest BCUT2D eigenvalue weighted by atomic mass is 9.77. The minimum Gasteiger partial charge on any atom is -0.492 e. The number of rotatable bonds is 4. The summed E-state index contributed by atoms with van der Waals surface area (Å²) in [5.74, 6) is 5.39. The number of aromatic nitrogens is 8. The molecule has 0 amide bonds. The van der Waals surface area contributed by atoms with Crippen LogP contribution in [0.2, 0.25) is 0 Å². The minimum atomic E-state index is -3.42. The molecule has 76 heavy (non-hydrogen) atoms. The Bertz CT molecular complexity index is 4000. The first-order chi connectivity index (χ1) is 35.5. The summed E-state index contributed by atoms with van der Waals surface area (Å²) in [7, 11) is -7.26. The second-order valence-corrected chi connectivity index (χ2v) is 26.9. The standard InChI is InChI=1S/C24H25N5O3S.C15H20BNO4S.C15H17BrN4O.2H2/c1-13-19(16-7-6-8-18-15(16)9-11-28(18)33(5,30)31)22-17(10-12-32-22)20-21(13)29-14(2)26-27-23(29)24(3,4)25-20;1-14(2)15(3,4)21-16(20-14)12-7-6-8-13-11(12)9-10-17(13)22(5,18)19;1-7-10(16)13-9(5-6-21-13)11-12(7)20-8(2)18-19-14(20)15(3,4)17-11;;/h6-9,11,25H,10,12H2,1-5H3;6-10H,1-5H3;17H,5-6H2,1-4H3;2*1H. The highest BCUT2D eigenvalue weighted by atomic mass is 79.9. The number of hydrogen-bond donors (Lipinski definition) is 2. The number of benzene rings is 4. The Kier molecular flexibility index (Phi) is 11.9. The summed E-state index contributed by atoms with van der Waals surface area (Å²) in [5, 5.41) is 26.6. The van der Waals surface area contributed by atoms with Crippen molar-refractivity contribution in [1.82, 2.24) is 37.5 Å². The fraction of sp³-hybridized carbons (Fsp3) is 0.407. The molecular weight excluding hydrogens is 1070 g/mol. The van der Waals surface area contributed by atoms with E-state index in [9.17, 15) is 16.8 Å². The molecule has 0 saturated carbocycles. The molecule has 2 N–H and O–H groups in total. The van der Waals surface area contributed by atoms with Gasteiger partial charge in [0.05, 0.1) is 86.3 Å². The van der Waals surface area contributed by atoms with E-state index in [1.807, 2.05) is 77.9 Å². The SMILES string of the molecule is CC1(C)OB(c2cccc3c2ccn3S(C)(=O)=O)OC1(C)C.Cc1c(-c2cccc3c2ccn3S(C)(=O)=O)c2c(c3c1-n1c(C)nnc1C(C)(C)N3)CCO2.Cc1c(Br)c2c(c3c1-n1c(C)nnc1C(C)(C)N3)CCO2.[HH].[HH]. The first-order valence-electron chi connectivity index (χ1n) is 25.2. The summed E-state index contributed by atoms with van der Waals surface area (Å²) in [6.45, 7) is 26.0. The Morgan fingerprint density at radius 3 is 1.61 bits per heavy atom. The van der Waals surface area contributed by atoms with Gasteiger partial charge in [-0.1, -0.05) is 24.3 Å². The van der Waals surface area contributed by atoms with E-state index in [0.29, 0.717) is 17.6 Å². The van der Waals surface area contributed by atoms with Gasteiger partial charge in [-0.3, -0.25) is 9.13 Å². The molecule has 5 aliphatic rings. The van der Waals surface area contributed by atoms with Crippen LogP contribution in [0.15, 0.2) is 65.4 Å². The van der Waals surface area contributed by atoms with Crippen LogP contribution < -0.4 is 25.6 Å². The Hall–Kier alpha value is -6.20. The molecular formula is C54H66BBrN10O8S2. The van der Waals surface area contributed by atoms with Gasteiger partial charge in [0.1, 0.15) is 23.1 Å². The van der Waals surface area contributed by atoms with Gasteiger partial charge in [0.25, 0.3) is 0 Å². The number of anilines is 2. The molecule has 4 aromatic carbocycles. The number of fused-ring (bicyclic) bond motifs is 12. The molecule has 0 spiro atoms. The average Bonchev–Trinajstić information content (AvgIpc) is 4.35. The molecule has 1 fully saturated rings. The van der Waals surface area contributed by atoms with Gasteiger partial charge < -0.3 is 29.4 Å². The first kappa shape index (κ1) is 51.9. The van der Waals surface area contributed by atoms with Crippen LogP contribution in [0, 0.1) is 27.7 Å². The van der Waals surface area contributed by atoms with Crippen LogP contribution in [0.4, 0.5) is 11.4 Å². The number of aryl methyl sites for hydroxylation is 2. The second-order valence-electron chi connectivity index (χ2n) is 22.4. The predicted octanol–water partition coefficient (Wildman–Crippen LogP) is 9.39. The molecule has 1 saturated heterocycles.